The lowest BCUT2D eigenvalue weighted by Crippen LogP contribution is -2.44. The van der Waals surface area contributed by atoms with E-state index in [2.05, 4.69) is 32.3 Å². The van der Waals surface area contributed by atoms with Crippen LogP contribution in [0.5, 0.6) is 0 Å². The summed E-state index contributed by atoms with van der Waals surface area (Å²) in [5.74, 6) is 0.983. The van der Waals surface area contributed by atoms with Crippen molar-refractivity contribution >= 4 is 5.91 Å². The van der Waals surface area contributed by atoms with Crippen LogP contribution in [-0.2, 0) is 0 Å². The number of carbonyl (C=O) groups excluding carboxylic acids is 1. The molecule has 1 amide bonds. The lowest BCUT2D eigenvalue weighted by Gasteiger charge is -2.38. The zero-order chi connectivity index (χ0) is 19.9. The molecule has 1 fully saturated rings. The third-order valence-electron chi connectivity index (χ3n) is 6.10. The predicted molar refractivity (Wildman–Crippen MR) is 114 cm³/mol. The van der Waals surface area contributed by atoms with Crippen LogP contribution in [0.1, 0.15) is 54.3 Å². The summed E-state index contributed by atoms with van der Waals surface area (Å²) in [7, 11) is 0. The number of likely N-dealkylation sites (tertiary alicyclic amines) is 1. The van der Waals surface area contributed by atoms with Crippen molar-refractivity contribution in [3.63, 3.8) is 0 Å². The van der Waals surface area contributed by atoms with Gasteiger partial charge in [-0.1, -0.05) is 24.3 Å². The van der Waals surface area contributed by atoms with Gasteiger partial charge in [-0.05, 0) is 74.8 Å². The molecule has 0 saturated carbocycles. The number of hydrogen-bond donors (Lipinski definition) is 1. The van der Waals surface area contributed by atoms with E-state index >= 15 is 0 Å². The van der Waals surface area contributed by atoms with Crippen molar-refractivity contribution < 1.29 is 4.79 Å². The Kier molecular flexibility index (Phi) is 6.67. The molecule has 2 aliphatic rings. The van der Waals surface area contributed by atoms with Crippen molar-refractivity contribution in [2.24, 2.45) is 11.8 Å². The smallest absolute Gasteiger partial charge is 0.270 e. The van der Waals surface area contributed by atoms with Gasteiger partial charge in [0.2, 0.25) is 0 Å². The van der Waals surface area contributed by atoms with Gasteiger partial charge in [0.15, 0.2) is 0 Å². The van der Waals surface area contributed by atoms with Crippen LogP contribution in [0.2, 0.25) is 0 Å². The normalized spacial score (nSPS) is 23.4. The van der Waals surface area contributed by atoms with Crippen molar-refractivity contribution in [2.75, 3.05) is 19.6 Å². The number of amides is 1. The summed E-state index contributed by atoms with van der Waals surface area (Å²) in [6.07, 6.45) is 14.1. The molecule has 1 aliphatic carbocycles. The van der Waals surface area contributed by atoms with Crippen molar-refractivity contribution in [3.05, 3.63) is 72.3 Å². The van der Waals surface area contributed by atoms with E-state index < -0.39 is 0 Å². The van der Waals surface area contributed by atoms with Crippen LogP contribution in [-0.4, -0.2) is 40.4 Å². The lowest BCUT2D eigenvalue weighted by atomic mass is 9.87. The van der Waals surface area contributed by atoms with E-state index in [0.29, 0.717) is 11.6 Å². The number of pyridine rings is 2. The van der Waals surface area contributed by atoms with Gasteiger partial charge >= 0.3 is 0 Å². The molecule has 0 radical (unpaired) electrons. The van der Waals surface area contributed by atoms with Crippen LogP contribution in [0.3, 0.4) is 0 Å². The number of aromatic nitrogens is 2. The maximum absolute atomic E-state index is 12.8. The summed E-state index contributed by atoms with van der Waals surface area (Å²) >= 11 is 0. The van der Waals surface area contributed by atoms with Gasteiger partial charge in [-0.3, -0.25) is 14.8 Å². The van der Waals surface area contributed by atoms with E-state index in [-0.39, 0.29) is 11.9 Å². The highest BCUT2D eigenvalue weighted by Gasteiger charge is 2.31. The molecule has 0 spiro atoms. The van der Waals surface area contributed by atoms with Gasteiger partial charge in [0.05, 0.1) is 11.7 Å². The first-order chi connectivity index (χ1) is 14.3. The van der Waals surface area contributed by atoms with Crippen LogP contribution in [0, 0.1) is 11.8 Å². The maximum Gasteiger partial charge on any atom is 0.270 e. The zero-order valence-corrected chi connectivity index (χ0v) is 16.9. The van der Waals surface area contributed by atoms with Gasteiger partial charge < -0.3 is 10.2 Å². The monoisotopic (exact) mass is 390 g/mol. The average molecular weight is 391 g/mol. The number of carbonyl (C=O) groups is 1. The fourth-order valence-corrected chi connectivity index (χ4v) is 4.62. The summed E-state index contributed by atoms with van der Waals surface area (Å²) in [6, 6.07) is 11.3. The summed E-state index contributed by atoms with van der Waals surface area (Å²) < 4.78 is 0. The molecule has 29 heavy (non-hydrogen) atoms. The van der Waals surface area contributed by atoms with Crippen LogP contribution in [0.25, 0.3) is 0 Å². The van der Waals surface area contributed by atoms with Crippen LogP contribution in [0.4, 0.5) is 0 Å². The fraction of sp³-hybridized carbons (Fsp3) is 0.458. The molecule has 1 N–H and O–H groups in total. The maximum atomic E-state index is 12.8. The van der Waals surface area contributed by atoms with Gasteiger partial charge in [-0.25, -0.2) is 0 Å². The molecular formula is C24H30N4O. The van der Waals surface area contributed by atoms with Gasteiger partial charge in [0.1, 0.15) is 5.69 Å². The molecule has 1 saturated heterocycles. The van der Waals surface area contributed by atoms with Gasteiger partial charge in [0.25, 0.3) is 5.91 Å². The largest absolute Gasteiger partial charge is 0.342 e. The summed E-state index contributed by atoms with van der Waals surface area (Å²) in [4.78, 5) is 24.2. The Bertz CT molecular complexity index is 808. The summed E-state index contributed by atoms with van der Waals surface area (Å²) in [5, 5.41) is 3.24. The summed E-state index contributed by atoms with van der Waals surface area (Å²) in [5.41, 5.74) is 1.39. The molecule has 2 aromatic rings. The zero-order valence-electron chi connectivity index (χ0n) is 16.9. The van der Waals surface area contributed by atoms with Crippen LogP contribution < -0.4 is 5.32 Å². The van der Waals surface area contributed by atoms with E-state index in [1.165, 1.54) is 19.3 Å². The van der Waals surface area contributed by atoms with Crippen molar-refractivity contribution in [1.29, 1.82) is 0 Å². The van der Waals surface area contributed by atoms with E-state index in [4.69, 9.17) is 0 Å². The molecule has 3 unspecified atom stereocenters. The molecular weight excluding hydrogens is 360 g/mol. The highest BCUT2D eigenvalue weighted by atomic mass is 16.1. The molecule has 3 heterocycles. The van der Waals surface area contributed by atoms with Gasteiger partial charge in [0, 0.05) is 25.5 Å². The van der Waals surface area contributed by atoms with Gasteiger partial charge in [-0.2, -0.15) is 0 Å². The van der Waals surface area contributed by atoms with E-state index in [0.717, 1.165) is 44.1 Å². The minimum Gasteiger partial charge on any atom is -0.342 e. The first-order valence-corrected chi connectivity index (χ1v) is 10.8. The van der Waals surface area contributed by atoms with Gasteiger partial charge in [-0.15, -0.1) is 0 Å². The molecule has 152 valence electrons. The number of allylic oxidation sites excluding steroid dienone is 2. The molecule has 0 aromatic carbocycles. The third-order valence-corrected chi connectivity index (χ3v) is 6.10. The van der Waals surface area contributed by atoms with Crippen LogP contribution >= 0.6 is 0 Å². The van der Waals surface area contributed by atoms with Crippen molar-refractivity contribution in [3.8, 4) is 0 Å². The van der Waals surface area contributed by atoms with Crippen LogP contribution in [0.15, 0.2) is 60.9 Å². The molecule has 5 nitrogen and oxygen atoms in total. The number of piperidine rings is 1. The van der Waals surface area contributed by atoms with Crippen molar-refractivity contribution in [2.45, 2.75) is 38.1 Å². The predicted octanol–water partition coefficient (Wildman–Crippen LogP) is 4.02. The van der Waals surface area contributed by atoms with E-state index in [9.17, 15) is 4.79 Å². The topological polar surface area (TPSA) is 58.1 Å². The Morgan fingerprint density at radius 1 is 1.10 bits per heavy atom. The molecule has 3 atom stereocenters. The lowest BCUT2D eigenvalue weighted by molar-refractivity contribution is 0.0859. The highest BCUT2D eigenvalue weighted by Crippen LogP contribution is 2.30. The minimum absolute atomic E-state index is 0.0974. The first kappa shape index (κ1) is 19.8. The third kappa shape index (κ3) is 5.30. The highest BCUT2D eigenvalue weighted by molar-refractivity contribution is 5.92. The van der Waals surface area contributed by atoms with E-state index in [1.54, 1.807) is 12.3 Å². The molecule has 2 aromatic heterocycles. The number of hydrogen-bond acceptors (Lipinski definition) is 4. The summed E-state index contributed by atoms with van der Waals surface area (Å²) in [6.45, 7) is 3.31. The fourth-order valence-electron chi connectivity index (χ4n) is 4.62. The number of nitrogens with zero attached hydrogens (tertiary/aromatic N) is 3. The number of nitrogens with one attached hydrogen (secondary N) is 1. The first-order valence-electron chi connectivity index (χ1n) is 10.8. The molecule has 5 heteroatoms. The Labute approximate surface area is 173 Å². The number of rotatable bonds is 6. The quantitative estimate of drug-likeness (QED) is 0.757. The molecule has 0 bridgehead atoms. The standard InChI is InChI=1S/C24H30N4O/c29-24(22-13-5-7-15-26-22)27-23(21-12-4-6-14-25-21)20-11-8-16-28(18-20)17-19-9-2-1-3-10-19/h1-2,4-7,12-15,19-20,23H,3,8-11,16-18H2,(H,27,29). The minimum atomic E-state index is -0.129. The average Bonchev–Trinajstić information content (AvgIpc) is 2.79. The Hall–Kier alpha value is -2.53. The molecule has 1 aliphatic heterocycles. The Morgan fingerprint density at radius 3 is 2.69 bits per heavy atom. The van der Waals surface area contributed by atoms with E-state index in [1.807, 2.05) is 36.5 Å². The Balaban J connectivity index is 1.48. The van der Waals surface area contributed by atoms with Crippen molar-refractivity contribution in [1.82, 2.24) is 20.2 Å². The second-order valence-corrected chi connectivity index (χ2v) is 8.23. The second kappa shape index (κ2) is 9.79. The second-order valence-electron chi connectivity index (χ2n) is 8.23. The molecule has 4 rings (SSSR count). The Morgan fingerprint density at radius 2 is 1.97 bits per heavy atom. The SMILES string of the molecule is O=C(NC(c1ccccn1)C1CCCN(CC2CC=CCC2)C1)c1ccccn1.